The van der Waals surface area contributed by atoms with Gasteiger partial charge in [0.15, 0.2) is 5.03 Å². The normalized spacial score (nSPS) is 11.6. The van der Waals surface area contributed by atoms with Crippen LogP contribution in [0.15, 0.2) is 41.8 Å². The number of hydrogen-bond donors (Lipinski definition) is 1. The summed E-state index contributed by atoms with van der Waals surface area (Å²) in [6, 6.07) is 7.39. The van der Waals surface area contributed by atoms with Gasteiger partial charge in [-0.05, 0) is 31.5 Å². The van der Waals surface area contributed by atoms with Crippen molar-refractivity contribution in [3.05, 3.63) is 42.4 Å². The molecule has 0 aliphatic carbocycles. The van der Waals surface area contributed by atoms with Crippen molar-refractivity contribution in [1.29, 1.82) is 0 Å². The average molecular weight is 308 g/mol. The zero-order valence-corrected chi connectivity index (χ0v) is 13.0. The van der Waals surface area contributed by atoms with Crippen LogP contribution in [0.1, 0.15) is 12.0 Å². The molecule has 7 heteroatoms. The van der Waals surface area contributed by atoms with E-state index in [0.717, 1.165) is 5.56 Å². The molecule has 0 bridgehead atoms. The van der Waals surface area contributed by atoms with Gasteiger partial charge in [-0.25, -0.2) is 4.98 Å². The summed E-state index contributed by atoms with van der Waals surface area (Å²) in [6.45, 7) is 2.65. The quantitative estimate of drug-likeness (QED) is 0.871. The van der Waals surface area contributed by atoms with Crippen molar-refractivity contribution in [2.24, 2.45) is 12.8 Å². The highest BCUT2D eigenvalue weighted by Crippen LogP contribution is 2.26. The summed E-state index contributed by atoms with van der Waals surface area (Å²) in [5.41, 5.74) is 7.10. The number of rotatable bonds is 6. The topological polar surface area (TPSA) is 81.2 Å². The van der Waals surface area contributed by atoms with E-state index in [4.69, 9.17) is 5.73 Å². The van der Waals surface area contributed by atoms with Crippen LogP contribution in [0, 0.1) is 6.92 Å². The predicted molar refractivity (Wildman–Crippen MR) is 82.6 cm³/mol. The Morgan fingerprint density at radius 2 is 2.05 bits per heavy atom. The monoisotopic (exact) mass is 308 g/mol. The SMILES string of the molecule is Cc1ccccc1N(CCCN)S(=O)(=O)c1cn(C)cn1. The fourth-order valence-electron chi connectivity index (χ4n) is 2.08. The molecule has 0 aliphatic heterocycles. The fraction of sp³-hybridized carbons (Fsp3) is 0.357. The van der Waals surface area contributed by atoms with E-state index in [2.05, 4.69) is 4.98 Å². The third kappa shape index (κ3) is 3.25. The number of aryl methyl sites for hydroxylation is 2. The second-order valence-corrected chi connectivity index (χ2v) is 6.69. The van der Waals surface area contributed by atoms with Crippen molar-refractivity contribution in [1.82, 2.24) is 9.55 Å². The van der Waals surface area contributed by atoms with Crippen molar-refractivity contribution >= 4 is 15.7 Å². The molecule has 0 amide bonds. The van der Waals surface area contributed by atoms with E-state index in [-0.39, 0.29) is 5.03 Å². The van der Waals surface area contributed by atoms with Gasteiger partial charge in [0, 0.05) is 19.8 Å². The van der Waals surface area contributed by atoms with Crippen LogP contribution in [0.3, 0.4) is 0 Å². The molecule has 2 aromatic rings. The number of benzene rings is 1. The molecule has 0 fully saturated rings. The van der Waals surface area contributed by atoms with Crippen LogP contribution in [0.2, 0.25) is 0 Å². The van der Waals surface area contributed by atoms with Gasteiger partial charge in [0.2, 0.25) is 0 Å². The zero-order chi connectivity index (χ0) is 15.5. The Bertz CT molecular complexity index is 709. The van der Waals surface area contributed by atoms with Crippen LogP contribution in [0.25, 0.3) is 0 Å². The lowest BCUT2D eigenvalue weighted by Gasteiger charge is -2.24. The maximum absolute atomic E-state index is 12.8. The van der Waals surface area contributed by atoms with Crippen LogP contribution >= 0.6 is 0 Å². The second-order valence-electron chi connectivity index (χ2n) is 4.88. The van der Waals surface area contributed by atoms with Crippen molar-refractivity contribution in [3.63, 3.8) is 0 Å². The average Bonchev–Trinajstić information content (AvgIpc) is 2.88. The summed E-state index contributed by atoms with van der Waals surface area (Å²) in [5.74, 6) is 0. The van der Waals surface area contributed by atoms with Gasteiger partial charge in [-0.15, -0.1) is 0 Å². The minimum Gasteiger partial charge on any atom is -0.339 e. The lowest BCUT2D eigenvalue weighted by atomic mass is 10.2. The first kappa shape index (κ1) is 15.5. The molecule has 0 saturated carbocycles. The number of imidazole rings is 1. The van der Waals surface area contributed by atoms with Gasteiger partial charge in [0.25, 0.3) is 10.0 Å². The van der Waals surface area contributed by atoms with Crippen LogP contribution < -0.4 is 10.0 Å². The highest BCUT2D eigenvalue weighted by Gasteiger charge is 2.27. The number of aromatic nitrogens is 2. The minimum atomic E-state index is -3.68. The Labute approximate surface area is 125 Å². The Balaban J connectivity index is 2.48. The predicted octanol–water partition coefficient (Wildman–Crippen LogP) is 1.27. The number of hydrogen-bond acceptors (Lipinski definition) is 4. The van der Waals surface area contributed by atoms with E-state index in [1.165, 1.54) is 16.8 Å². The lowest BCUT2D eigenvalue weighted by molar-refractivity contribution is 0.586. The Kier molecular flexibility index (Phi) is 4.64. The first-order valence-electron chi connectivity index (χ1n) is 6.73. The molecule has 2 N–H and O–H groups in total. The van der Waals surface area contributed by atoms with Crippen molar-refractivity contribution in [2.75, 3.05) is 17.4 Å². The van der Waals surface area contributed by atoms with Crippen molar-refractivity contribution in [2.45, 2.75) is 18.4 Å². The molecule has 6 nitrogen and oxygen atoms in total. The summed E-state index contributed by atoms with van der Waals surface area (Å²) >= 11 is 0. The first-order chi connectivity index (χ1) is 9.96. The van der Waals surface area contributed by atoms with Crippen LogP contribution in [0.5, 0.6) is 0 Å². The van der Waals surface area contributed by atoms with E-state index < -0.39 is 10.0 Å². The molecule has 114 valence electrons. The molecular formula is C14H20N4O2S. The molecule has 0 unspecified atom stereocenters. The standard InChI is InChI=1S/C14H20N4O2S/c1-12-6-3-4-7-13(12)18(9-5-8-15)21(19,20)14-10-17(2)11-16-14/h3-4,6-7,10-11H,5,8-9,15H2,1-2H3. The Morgan fingerprint density at radius 1 is 1.33 bits per heavy atom. The Hall–Kier alpha value is -1.86. The van der Waals surface area contributed by atoms with Crippen molar-refractivity contribution < 1.29 is 8.42 Å². The molecule has 0 saturated heterocycles. The summed E-state index contributed by atoms with van der Waals surface area (Å²) in [5, 5.41) is 0.0466. The first-order valence-corrected chi connectivity index (χ1v) is 8.17. The smallest absolute Gasteiger partial charge is 0.283 e. The lowest BCUT2D eigenvalue weighted by Crippen LogP contribution is -2.33. The second kappa shape index (κ2) is 6.28. The number of anilines is 1. The molecule has 0 radical (unpaired) electrons. The molecule has 0 atom stereocenters. The van der Waals surface area contributed by atoms with E-state index >= 15 is 0 Å². The molecule has 1 heterocycles. The minimum absolute atomic E-state index is 0.0466. The summed E-state index contributed by atoms with van der Waals surface area (Å²) in [6.07, 6.45) is 3.56. The van der Waals surface area contributed by atoms with Crippen LogP contribution in [0.4, 0.5) is 5.69 Å². The highest BCUT2D eigenvalue weighted by molar-refractivity contribution is 7.92. The van der Waals surface area contributed by atoms with Gasteiger partial charge < -0.3 is 10.3 Å². The zero-order valence-electron chi connectivity index (χ0n) is 12.2. The molecule has 0 aliphatic rings. The highest BCUT2D eigenvalue weighted by atomic mass is 32.2. The van der Waals surface area contributed by atoms with Crippen LogP contribution in [-0.2, 0) is 17.1 Å². The number of nitrogens with zero attached hydrogens (tertiary/aromatic N) is 3. The van der Waals surface area contributed by atoms with Gasteiger partial charge in [-0.2, -0.15) is 8.42 Å². The van der Waals surface area contributed by atoms with Gasteiger partial charge >= 0.3 is 0 Å². The maximum atomic E-state index is 12.8. The van der Waals surface area contributed by atoms with Crippen LogP contribution in [-0.4, -0.2) is 31.1 Å². The molecule has 0 spiro atoms. The van der Waals surface area contributed by atoms with E-state index in [1.807, 2.05) is 25.1 Å². The van der Waals surface area contributed by atoms with Gasteiger partial charge in [0.05, 0.1) is 12.0 Å². The summed E-state index contributed by atoms with van der Waals surface area (Å²) < 4.78 is 28.6. The number of para-hydroxylation sites is 1. The van der Waals surface area contributed by atoms with Gasteiger partial charge in [-0.1, -0.05) is 18.2 Å². The number of nitrogens with two attached hydrogens (primary N) is 1. The van der Waals surface area contributed by atoms with E-state index in [9.17, 15) is 8.42 Å². The molecule has 21 heavy (non-hydrogen) atoms. The molecule has 1 aromatic heterocycles. The van der Waals surface area contributed by atoms with Gasteiger partial charge in [-0.3, -0.25) is 4.31 Å². The molecule has 1 aromatic carbocycles. The molecular weight excluding hydrogens is 288 g/mol. The number of sulfonamides is 1. The van der Waals surface area contributed by atoms with E-state index in [1.54, 1.807) is 17.7 Å². The maximum Gasteiger partial charge on any atom is 0.283 e. The largest absolute Gasteiger partial charge is 0.339 e. The third-order valence-electron chi connectivity index (χ3n) is 3.19. The van der Waals surface area contributed by atoms with Gasteiger partial charge in [0.1, 0.15) is 0 Å². The molecule has 2 rings (SSSR count). The summed E-state index contributed by atoms with van der Waals surface area (Å²) in [7, 11) is -1.94. The third-order valence-corrected chi connectivity index (χ3v) is 4.88. The van der Waals surface area contributed by atoms with E-state index in [0.29, 0.717) is 25.2 Å². The van der Waals surface area contributed by atoms with Crippen molar-refractivity contribution in [3.8, 4) is 0 Å². The Morgan fingerprint density at radius 3 is 2.62 bits per heavy atom. The summed E-state index contributed by atoms with van der Waals surface area (Å²) in [4.78, 5) is 3.97. The fourth-order valence-corrected chi connectivity index (χ4v) is 3.62.